The summed E-state index contributed by atoms with van der Waals surface area (Å²) in [5.74, 6) is 1.23. The van der Waals surface area contributed by atoms with Gasteiger partial charge in [-0.3, -0.25) is 14.6 Å². The molecule has 0 aliphatic carbocycles. The first-order valence-electron chi connectivity index (χ1n) is 9.75. The van der Waals surface area contributed by atoms with Crippen molar-refractivity contribution >= 4 is 22.8 Å². The van der Waals surface area contributed by atoms with Gasteiger partial charge in [-0.15, -0.1) is 6.42 Å². The van der Waals surface area contributed by atoms with E-state index in [9.17, 15) is 14.0 Å². The number of rotatable bonds is 5. The van der Waals surface area contributed by atoms with Gasteiger partial charge in [0, 0.05) is 6.20 Å². The number of furan rings is 1. The van der Waals surface area contributed by atoms with E-state index < -0.39 is 23.2 Å². The van der Waals surface area contributed by atoms with E-state index in [0.29, 0.717) is 22.4 Å². The van der Waals surface area contributed by atoms with Crippen LogP contribution in [0, 0.1) is 18.2 Å². The van der Waals surface area contributed by atoms with Crippen molar-refractivity contribution in [1.29, 1.82) is 0 Å². The lowest BCUT2D eigenvalue weighted by molar-refractivity contribution is -0.132. The summed E-state index contributed by atoms with van der Waals surface area (Å²) < 4.78 is 30.5. The number of amides is 2. The summed E-state index contributed by atoms with van der Waals surface area (Å²) in [5.41, 5.74) is -0.655. The van der Waals surface area contributed by atoms with E-state index in [4.69, 9.17) is 20.3 Å². The molecular weight excluding hydrogens is 417 g/mol. The molecule has 1 atom stereocenters. The molecule has 0 unspecified atom stereocenters. The van der Waals surface area contributed by atoms with E-state index in [0.717, 1.165) is 0 Å². The number of halogens is 1. The zero-order valence-electron chi connectivity index (χ0n) is 17.5. The number of pyridine rings is 1. The van der Waals surface area contributed by atoms with Crippen molar-refractivity contribution in [2.24, 2.45) is 0 Å². The molecule has 0 saturated carbocycles. The van der Waals surface area contributed by atoms with Crippen LogP contribution >= 0.6 is 0 Å². The van der Waals surface area contributed by atoms with Gasteiger partial charge < -0.3 is 24.1 Å². The Morgan fingerprint density at radius 2 is 2.25 bits per heavy atom. The molecule has 2 aromatic heterocycles. The molecule has 0 saturated heterocycles. The van der Waals surface area contributed by atoms with Gasteiger partial charge in [-0.05, 0) is 37.3 Å². The Bertz CT molecular complexity index is 1250. The lowest BCUT2D eigenvalue weighted by atomic mass is 9.99. The molecule has 1 aromatic carbocycles. The Hall–Kier alpha value is -4.06. The predicted molar refractivity (Wildman–Crippen MR) is 113 cm³/mol. The SMILES string of the molecule is C#CCN1C(=O)c2oc3ccc(F)cc3c2OC[C@]1(C)C(=O)NCc1ncccc1OC. The molecule has 1 aliphatic rings. The van der Waals surface area contributed by atoms with Crippen molar-refractivity contribution in [2.75, 3.05) is 20.3 Å². The van der Waals surface area contributed by atoms with Crippen molar-refractivity contribution in [1.82, 2.24) is 15.2 Å². The zero-order chi connectivity index (χ0) is 22.9. The monoisotopic (exact) mass is 437 g/mol. The lowest BCUT2D eigenvalue weighted by Gasteiger charge is -2.36. The fourth-order valence-electron chi connectivity index (χ4n) is 3.59. The summed E-state index contributed by atoms with van der Waals surface area (Å²) in [6.07, 6.45) is 7.07. The first-order valence-corrected chi connectivity index (χ1v) is 9.75. The van der Waals surface area contributed by atoms with Gasteiger partial charge in [0.2, 0.25) is 11.7 Å². The van der Waals surface area contributed by atoms with Crippen molar-refractivity contribution < 1.29 is 27.9 Å². The van der Waals surface area contributed by atoms with Crippen LogP contribution in [0.1, 0.15) is 23.2 Å². The smallest absolute Gasteiger partial charge is 0.295 e. The third kappa shape index (κ3) is 3.50. The highest BCUT2D eigenvalue weighted by atomic mass is 19.1. The van der Waals surface area contributed by atoms with E-state index in [1.54, 1.807) is 25.3 Å². The van der Waals surface area contributed by atoms with E-state index in [-0.39, 0.29) is 31.2 Å². The molecule has 0 fully saturated rings. The zero-order valence-corrected chi connectivity index (χ0v) is 17.5. The van der Waals surface area contributed by atoms with E-state index in [1.807, 2.05) is 0 Å². The molecule has 3 aromatic rings. The molecule has 32 heavy (non-hydrogen) atoms. The maximum Gasteiger partial charge on any atom is 0.295 e. The summed E-state index contributed by atoms with van der Waals surface area (Å²) in [4.78, 5) is 32.0. The van der Waals surface area contributed by atoms with Gasteiger partial charge in [0.25, 0.3) is 5.91 Å². The Kier molecular flexibility index (Phi) is 5.45. The Morgan fingerprint density at radius 3 is 3.00 bits per heavy atom. The first-order chi connectivity index (χ1) is 15.4. The van der Waals surface area contributed by atoms with Gasteiger partial charge >= 0.3 is 0 Å². The van der Waals surface area contributed by atoms with Crippen molar-refractivity contribution in [3.05, 3.63) is 53.8 Å². The summed E-state index contributed by atoms with van der Waals surface area (Å²) in [6, 6.07) is 7.28. The number of aromatic nitrogens is 1. The molecule has 0 radical (unpaired) electrons. The largest absolute Gasteiger partial charge is 0.495 e. The number of hydrogen-bond donors (Lipinski definition) is 1. The molecule has 0 bridgehead atoms. The van der Waals surface area contributed by atoms with Crippen LogP contribution in [0.2, 0.25) is 0 Å². The fraction of sp³-hybridized carbons (Fsp3) is 0.261. The minimum absolute atomic E-state index is 0.0637. The van der Waals surface area contributed by atoms with Crippen molar-refractivity contribution in [2.45, 2.75) is 19.0 Å². The maximum atomic E-state index is 13.8. The number of carbonyl (C=O) groups excluding carboxylic acids is 2. The van der Waals surface area contributed by atoms with Crippen LogP contribution in [0.5, 0.6) is 11.5 Å². The third-order valence-corrected chi connectivity index (χ3v) is 5.36. The van der Waals surface area contributed by atoms with Crippen LogP contribution in [0.15, 0.2) is 40.9 Å². The summed E-state index contributed by atoms with van der Waals surface area (Å²) in [6.45, 7) is 1.23. The van der Waals surface area contributed by atoms with Crippen LogP contribution in [0.3, 0.4) is 0 Å². The van der Waals surface area contributed by atoms with Crippen LogP contribution in [0.25, 0.3) is 11.0 Å². The molecule has 3 heterocycles. The number of methoxy groups -OCH3 is 1. The molecule has 4 rings (SSSR count). The van der Waals surface area contributed by atoms with Gasteiger partial charge in [0.1, 0.15) is 29.5 Å². The van der Waals surface area contributed by atoms with Gasteiger partial charge in [0.05, 0.1) is 25.6 Å². The number of benzene rings is 1. The topological polar surface area (TPSA) is 93.9 Å². The number of nitrogens with one attached hydrogen (secondary N) is 1. The molecule has 9 heteroatoms. The molecule has 1 aliphatic heterocycles. The highest BCUT2D eigenvalue weighted by Crippen LogP contribution is 2.38. The number of carbonyl (C=O) groups is 2. The third-order valence-electron chi connectivity index (χ3n) is 5.36. The Balaban J connectivity index is 1.66. The van der Waals surface area contributed by atoms with Gasteiger partial charge in [0.15, 0.2) is 11.3 Å². The molecular formula is C23H20FN3O5. The second kappa shape index (κ2) is 8.23. The minimum Gasteiger partial charge on any atom is -0.495 e. The van der Waals surface area contributed by atoms with Gasteiger partial charge in [-0.2, -0.15) is 0 Å². The summed E-state index contributed by atoms with van der Waals surface area (Å²) >= 11 is 0. The standard InChI is InChI=1S/C23H20FN3O5/c1-4-10-27-21(28)20-19(15-11-14(24)7-8-17(15)32-20)31-13-23(27,2)22(29)26-12-16-18(30-3)6-5-9-25-16/h1,5-9,11H,10,12-13H2,2-3H3,(H,26,29)/t23-/m1/s1. The van der Waals surface area contributed by atoms with Crippen LogP contribution in [-0.4, -0.2) is 47.5 Å². The number of ether oxygens (including phenoxy) is 2. The average Bonchev–Trinajstić information content (AvgIpc) is 3.12. The summed E-state index contributed by atoms with van der Waals surface area (Å²) in [7, 11) is 1.50. The fourth-order valence-corrected chi connectivity index (χ4v) is 3.59. The Morgan fingerprint density at radius 1 is 1.44 bits per heavy atom. The van der Waals surface area contributed by atoms with E-state index >= 15 is 0 Å². The van der Waals surface area contributed by atoms with Crippen LogP contribution < -0.4 is 14.8 Å². The van der Waals surface area contributed by atoms with Crippen LogP contribution in [0.4, 0.5) is 4.39 Å². The van der Waals surface area contributed by atoms with Gasteiger partial charge in [-0.1, -0.05) is 5.92 Å². The normalized spacial score (nSPS) is 17.8. The van der Waals surface area contributed by atoms with E-state index in [2.05, 4.69) is 16.2 Å². The quantitative estimate of drug-likeness (QED) is 0.617. The first kappa shape index (κ1) is 21.2. The van der Waals surface area contributed by atoms with Crippen LogP contribution in [-0.2, 0) is 11.3 Å². The highest BCUT2D eigenvalue weighted by Gasteiger charge is 2.47. The lowest BCUT2D eigenvalue weighted by Crippen LogP contribution is -2.61. The highest BCUT2D eigenvalue weighted by molar-refractivity contribution is 6.04. The number of terminal acetylenes is 1. The minimum atomic E-state index is -1.47. The molecule has 8 nitrogen and oxygen atoms in total. The molecule has 2 amide bonds. The predicted octanol–water partition coefficient (Wildman–Crippen LogP) is 2.52. The van der Waals surface area contributed by atoms with Crippen molar-refractivity contribution in [3.63, 3.8) is 0 Å². The van der Waals surface area contributed by atoms with Gasteiger partial charge in [-0.25, -0.2) is 4.39 Å². The van der Waals surface area contributed by atoms with E-state index in [1.165, 1.54) is 30.2 Å². The maximum absolute atomic E-state index is 13.8. The molecule has 1 N–H and O–H groups in total. The second-order valence-corrected chi connectivity index (χ2v) is 7.39. The Labute approximate surface area is 183 Å². The second-order valence-electron chi connectivity index (χ2n) is 7.39. The average molecular weight is 437 g/mol. The number of fused-ring (bicyclic) bond motifs is 3. The molecule has 0 spiro atoms. The number of nitrogens with zero attached hydrogens (tertiary/aromatic N) is 2. The summed E-state index contributed by atoms with van der Waals surface area (Å²) in [5, 5.41) is 3.07. The van der Waals surface area contributed by atoms with Crippen molar-refractivity contribution in [3.8, 4) is 23.8 Å². The number of hydrogen-bond acceptors (Lipinski definition) is 6. The molecule has 164 valence electrons.